The monoisotopic (exact) mass is 885 g/mol. The fraction of sp³-hybridized carbons (Fsp3) is 0.212. The lowest BCUT2D eigenvalue weighted by Crippen LogP contribution is -2.14. The van der Waals surface area contributed by atoms with Crippen molar-refractivity contribution in [1.29, 1.82) is 0 Å². The van der Waals surface area contributed by atoms with Gasteiger partial charge in [0, 0.05) is 44.3 Å². The Morgan fingerprint density at radius 3 is 0.735 bits per heavy atom. The van der Waals surface area contributed by atoms with Crippen molar-refractivity contribution in [3.63, 3.8) is 0 Å². The van der Waals surface area contributed by atoms with E-state index in [4.69, 9.17) is 0 Å². The molecule has 0 fully saturated rings. The largest absolute Gasteiger partial charge is 0.310 e. The second-order valence-corrected chi connectivity index (χ2v) is 20.2. The predicted molar refractivity (Wildman–Crippen MR) is 297 cm³/mol. The average molecular weight is 885 g/mol. The van der Waals surface area contributed by atoms with E-state index in [1.54, 1.807) is 0 Å². The summed E-state index contributed by atoms with van der Waals surface area (Å²) in [7, 11) is 0. The number of rotatable bonds is 8. The Kier molecular flexibility index (Phi) is 11.1. The summed E-state index contributed by atoms with van der Waals surface area (Å²) in [4.78, 5) is 5.10. The molecule has 10 aromatic rings. The van der Waals surface area contributed by atoms with E-state index in [1.165, 1.54) is 167 Å². The summed E-state index contributed by atoms with van der Waals surface area (Å²) in [6.07, 6.45) is 0. The molecule has 0 N–H and O–H groups in total. The number of hydrogen-bond acceptors (Lipinski definition) is 2. The van der Waals surface area contributed by atoms with Crippen molar-refractivity contribution in [3.8, 4) is 22.3 Å². The zero-order chi connectivity index (χ0) is 48.0. The molecule has 0 aromatic heterocycles. The fourth-order valence-corrected chi connectivity index (χ4v) is 10.7. The number of benzene rings is 10. The highest BCUT2D eigenvalue weighted by Crippen LogP contribution is 2.53. The van der Waals surface area contributed by atoms with Crippen molar-refractivity contribution in [1.82, 2.24) is 0 Å². The first-order valence-electron chi connectivity index (χ1n) is 24.3. The van der Waals surface area contributed by atoms with Gasteiger partial charge >= 0.3 is 0 Å². The molecule has 0 saturated carbocycles. The normalized spacial score (nSPS) is 11.7. The highest BCUT2D eigenvalue weighted by atomic mass is 15.2. The van der Waals surface area contributed by atoms with Gasteiger partial charge in [-0.2, -0.15) is 0 Å². The Bertz CT molecular complexity index is 3190. The van der Waals surface area contributed by atoms with Crippen LogP contribution in [-0.2, 0) is 0 Å². The van der Waals surface area contributed by atoms with Crippen molar-refractivity contribution in [2.24, 2.45) is 0 Å². The number of anilines is 6. The second-order valence-electron chi connectivity index (χ2n) is 20.2. The minimum Gasteiger partial charge on any atom is -0.310 e. The van der Waals surface area contributed by atoms with Crippen LogP contribution in [0.25, 0.3) is 54.6 Å². The third-order valence-corrected chi connectivity index (χ3v) is 15.7. The van der Waals surface area contributed by atoms with Gasteiger partial charge in [-0.1, -0.05) is 83.9 Å². The van der Waals surface area contributed by atoms with E-state index in [1.807, 2.05) is 0 Å². The lowest BCUT2D eigenvalue weighted by atomic mass is 9.85. The molecule has 68 heavy (non-hydrogen) atoms. The van der Waals surface area contributed by atoms with Crippen LogP contribution in [0.5, 0.6) is 0 Å². The first-order chi connectivity index (χ1) is 32.5. The van der Waals surface area contributed by atoms with Gasteiger partial charge in [-0.25, -0.2) is 0 Å². The fourth-order valence-electron chi connectivity index (χ4n) is 10.7. The Balaban J connectivity index is 1.41. The van der Waals surface area contributed by atoms with Gasteiger partial charge in [-0.3, -0.25) is 0 Å². The molecule has 0 atom stereocenters. The van der Waals surface area contributed by atoms with Crippen molar-refractivity contribution < 1.29 is 0 Å². The van der Waals surface area contributed by atoms with E-state index in [0.717, 1.165) is 0 Å². The van der Waals surface area contributed by atoms with Crippen LogP contribution in [0.3, 0.4) is 0 Å². The van der Waals surface area contributed by atoms with Crippen molar-refractivity contribution in [2.75, 3.05) is 9.80 Å². The van der Waals surface area contributed by atoms with Gasteiger partial charge in [-0.05, 0) is 257 Å². The molecule has 0 spiro atoms. The summed E-state index contributed by atoms with van der Waals surface area (Å²) in [6, 6.07) is 52.0. The molecule has 0 saturated heterocycles. The van der Waals surface area contributed by atoms with E-state index in [0.29, 0.717) is 0 Å². The summed E-state index contributed by atoms with van der Waals surface area (Å²) < 4.78 is 0. The molecule has 2 heteroatoms. The van der Waals surface area contributed by atoms with Crippen molar-refractivity contribution in [2.45, 2.75) is 96.9 Å². The quantitative estimate of drug-likeness (QED) is 0.140. The Morgan fingerprint density at radius 2 is 0.485 bits per heavy atom. The van der Waals surface area contributed by atoms with E-state index >= 15 is 0 Å². The maximum Gasteiger partial charge on any atom is 0.0546 e. The Morgan fingerprint density at radius 1 is 0.250 bits per heavy atom. The zero-order valence-corrected chi connectivity index (χ0v) is 42.6. The number of nitrogens with zero attached hydrogens (tertiary/aromatic N) is 2. The summed E-state index contributed by atoms with van der Waals surface area (Å²) >= 11 is 0. The molecule has 10 rings (SSSR count). The molecule has 0 aliphatic rings. The van der Waals surface area contributed by atoms with Crippen LogP contribution in [0, 0.1) is 96.9 Å². The van der Waals surface area contributed by atoms with Crippen molar-refractivity contribution >= 4 is 66.4 Å². The molecule has 0 heterocycles. The first kappa shape index (κ1) is 44.7. The second kappa shape index (κ2) is 16.9. The average Bonchev–Trinajstić information content (AvgIpc) is 3.31. The maximum atomic E-state index is 2.55. The number of aryl methyl sites for hydroxylation is 10. The molecule has 0 radical (unpaired) electrons. The highest BCUT2D eigenvalue weighted by molar-refractivity contribution is 6.32. The third-order valence-electron chi connectivity index (χ3n) is 15.7. The van der Waals surface area contributed by atoms with Gasteiger partial charge in [0.25, 0.3) is 0 Å². The minimum atomic E-state index is 1.17. The van der Waals surface area contributed by atoms with Crippen LogP contribution < -0.4 is 9.80 Å². The highest BCUT2D eigenvalue weighted by Gasteiger charge is 2.27. The summed E-state index contributed by atoms with van der Waals surface area (Å²) in [5, 5.41) is 7.51. The number of hydrogen-bond donors (Lipinski definition) is 0. The Hall–Kier alpha value is -7.16. The van der Waals surface area contributed by atoms with Gasteiger partial charge in [0.1, 0.15) is 0 Å². The third kappa shape index (κ3) is 7.42. The summed E-state index contributed by atoms with van der Waals surface area (Å²) in [5.41, 5.74) is 30.0. The van der Waals surface area contributed by atoms with Gasteiger partial charge in [0.15, 0.2) is 0 Å². The van der Waals surface area contributed by atoms with Crippen LogP contribution in [0.4, 0.5) is 34.1 Å². The van der Waals surface area contributed by atoms with Crippen LogP contribution in [0.15, 0.2) is 133 Å². The topological polar surface area (TPSA) is 6.48 Å². The van der Waals surface area contributed by atoms with Crippen LogP contribution in [0.1, 0.15) is 77.9 Å². The predicted octanol–water partition coefficient (Wildman–Crippen LogP) is 19.2. The minimum absolute atomic E-state index is 1.17. The molecular formula is C66H64N2. The molecule has 10 aromatic carbocycles. The van der Waals surface area contributed by atoms with E-state index < -0.39 is 0 Å². The molecule has 0 aliphatic carbocycles. The molecule has 0 bridgehead atoms. The van der Waals surface area contributed by atoms with E-state index in [-0.39, 0.29) is 0 Å². The molecule has 2 nitrogen and oxygen atoms in total. The molecular weight excluding hydrogens is 821 g/mol. The van der Waals surface area contributed by atoms with E-state index in [9.17, 15) is 0 Å². The maximum absolute atomic E-state index is 2.55. The standard InChI is InChI=1S/C66H64N2/c1-37-15-19-51(20-16-37)61-35-63(67(53-27-39(3)47(11)40(4)28-53)54-29-41(5)48(12)42(6)30-54)59-26-24-58-62(52-21-17-38(2)18-22-52)36-64(60-25-23-57(61)65(59)66(58)60)68(55-31-43(7)49(13)44(8)32-55)56-33-45(9)50(14)46(10)34-56/h15-36H,1-14H3. The molecule has 338 valence electrons. The first-order valence-corrected chi connectivity index (χ1v) is 24.3. The van der Waals surface area contributed by atoms with Gasteiger partial charge in [-0.15, -0.1) is 0 Å². The van der Waals surface area contributed by atoms with Crippen molar-refractivity contribution in [3.05, 3.63) is 211 Å². The zero-order valence-electron chi connectivity index (χ0n) is 42.6. The van der Waals surface area contributed by atoms with Gasteiger partial charge < -0.3 is 9.80 Å². The van der Waals surface area contributed by atoms with Crippen LogP contribution in [0.2, 0.25) is 0 Å². The molecule has 0 unspecified atom stereocenters. The van der Waals surface area contributed by atoms with Gasteiger partial charge in [0.2, 0.25) is 0 Å². The smallest absolute Gasteiger partial charge is 0.0546 e. The van der Waals surface area contributed by atoms with Gasteiger partial charge in [0.05, 0.1) is 11.4 Å². The summed E-state index contributed by atoms with van der Waals surface area (Å²) in [5.74, 6) is 0. The molecule has 0 amide bonds. The van der Waals surface area contributed by atoms with Crippen LogP contribution in [-0.4, -0.2) is 0 Å². The molecule has 0 aliphatic heterocycles. The van der Waals surface area contributed by atoms with E-state index in [2.05, 4.69) is 240 Å². The lowest BCUT2D eigenvalue weighted by molar-refractivity contribution is 1.19. The lowest BCUT2D eigenvalue weighted by Gasteiger charge is -2.32. The van der Waals surface area contributed by atoms with Crippen LogP contribution >= 0.6 is 0 Å². The SMILES string of the molecule is Cc1ccc(-c2cc(N(c3cc(C)c(C)c(C)c3)c3cc(C)c(C)c(C)c3)c3ccc4c(-c5ccc(C)cc5)cc(N(c5cc(C)c(C)c(C)c5)c5cc(C)c(C)c(C)c5)c5ccc2c3c45)cc1. The summed E-state index contributed by atoms with van der Waals surface area (Å²) in [6.45, 7) is 31.4. The Labute approximate surface area is 404 Å².